The minimum atomic E-state index is -0.402. The van der Waals surface area contributed by atoms with Crippen molar-refractivity contribution in [3.8, 4) is 0 Å². The fraction of sp³-hybridized carbons (Fsp3) is 0.231. The molecule has 1 heterocycles. The Bertz CT molecular complexity index is 547. The molecule has 0 saturated heterocycles. The molecule has 0 spiro atoms. The number of aromatic nitrogens is 2. The Morgan fingerprint density at radius 3 is 2.94 bits per heavy atom. The van der Waals surface area contributed by atoms with Gasteiger partial charge in [-0.15, -0.1) is 0 Å². The van der Waals surface area contributed by atoms with Gasteiger partial charge in [-0.25, -0.2) is 4.98 Å². The monoisotopic (exact) mass is 244 g/mol. The van der Waals surface area contributed by atoms with Crippen LogP contribution in [0, 0.1) is 6.92 Å². The van der Waals surface area contributed by atoms with Gasteiger partial charge in [-0.05, 0) is 24.6 Å². The zero-order chi connectivity index (χ0) is 13.0. The molecule has 5 heteroatoms. The Kier molecular flexibility index (Phi) is 3.74. The standard InChI is InChI=1S/C13H16N4O/c1-9-16-8-12(17-9)7-15-6-10-3-2-4-11(5-10)13(14)18/h2-5,8,15H,6-7H2,1H3,(H2,14,18)(H,16,17). The van der Waals surface area contributed by atoms with Gasteiger partial charge < -0.3 is 16.0 Å². The summed E-state index contributed by atoms with van der Waals surface area (Å²) in [6.45, 7) is 3.31. The Labute approximate surface area is 105 Å². The smallest absolute Gasteiger partial charge is 0.248 e. The molecular formula is C13H16N4O. The second kappa shape index (κ2) is 5.46. The molecule has 4 N–H and O–H groups in total. The molecule has 18 heavy (non-hydrogen) atoms. The van der Waals surface area contributed by atoms with Crippen LogP contribution < -0.4 is 11.1 Å². The van der Waals surface area contributed by atoms with Gasteiger partial charge in [0.2, 0.25) is 5.91 Å². The van der Waals surface area contributed by atoms with E-state index in [1.807, 2.05) is 25.3 Å². The number of nitrogens with two attached hydrogens (primary N) is 1. The van der Waals surface area contributed by atoms with Crippen LogP contribution in [-0.4, -0.2) is 15.9 Å². The second-order valence-corrected chi connectivity index (χ2v) is 4.16. The third-order valence-corrected chi connectivity index (χ3v) is 2.61. The summed E-state index contributed by atoms with van der Waals surface area (Å²) >= 11 is 0. The van der Waals surface area contributed by atoms with Gasteiger partial charge >= 0.3 is 0 Å². The number of imidazole rings is 1. The van der Waals surface area contributed by atoms with Crippen molar-refractivity contribution in [2.24, 2.45) is 5.73 Å². The van der Waals surface area contributed by atoms with Gasteiger partial charge in [-0.1, -0.05) is 12.1 Å². The largest absolute Gasteiger partial charge is 0.366 e. The first-order valence-electron chi connectivity index (χ1n) is 5.75. The summed E-state index contributed by atoms with van der Waals surface area (Å²) in [7, 11) is 0. The van der Waals surface area contributed by atoms with E-state index < -0.39 is 5.91 Å². The summed E-state index contributed by atoms with van der Waals surface area (Å²) in [4.78, 5) is 18.3. The zero-order valence-electron chi connectivity index (χ0n) is 10.2. The SMILES string of the molecule is Cc1ncc(CNCc2cccc(C(N)=O)c2)[nH]1. The summed E-state index contributed by atoms with van der Waals surface area (Å²) < 4.78 is 0. The molecule has 0 saturated carbocycles. The minimum absolute atomic E-state index is 0.402. The normalized spacial score (nSPS) is 10.5. The molecule has 2 rings (SSSR count). The van der Waals surface area contributed by atoms with Crippen LogP contribution in [0.15, 0.2) is 30.5 Å². The van der Waals surface area contributed by atoms with E-state index in [0.717, 1.165) is 17.1 Å². The van der Waals surface area contributed by atoms with E-state index in [0.29, 0.717) is 18.7 Å². The first kappa shape index (κ1) is 12.3. The van der Waals surface area contributed by atoms with Crippen LogP contribution in [-0.2, 0) is 13.1 Å². The van der Waals surface area contributed by atoms with Crippen molar-refractivity contribution in [3.63, 3.8) is 0 Å². The Hall–Kier alpha value is -2.14. The molecule has 2 aromatic rings. The van der Waals surface area contributed by atoms with Crippen LogP contribution >= 0.6 is 0 Å². The number of carbonyl (C=O) groups is 1. The summed E-state index contributed by atoms with van der Waals surface area (Å²) in [5.41, 5.74) is 7.84. The van der Waals surface area contributed by atoms with Gasteiger partial charge in [0.15, 0.2) is 0 Å². The maximum absolute atomic E-state index is 11.0. The van der Waals surface area contributed by atoms with Crippen molar-refractivity contribution in [1.29, 1.82) is 0 Å². The van der Waals surface area contributed by atoms with Gasteiger partial charge in [0.25, 0.3) is 0 Å². The van der Waals surface area contributed by atoms with Gasteiger partial charge in [-0.3, -0.25) is 4.79 Å². The maximum atomic E-state index is 11.0. The van der Waals surface area contributed by atoms with Crippen LogP contribution in [0.5, 0.6) is 0 Å². The summed E-state index contributed by atoms with van der Waals surface area (Å²) in [5.74, 6) is 0.503. The fourth-order valence-electron chi connectivity index (χ4n) is 1.74. The van der Waals surface area contributed by atoms with Crippen molar-refractivity contribution in [2.75, 3.05) is 0 Å². The highest BCUT2D eigenvalue weighted by Crippen LogP contribution is 2.05. The first-order valence-corrected chi connectivity index (χ1v) is 5.75. The molecule has 0 aliphatic heterocycles. The highest BCUT2D eigenvalue weighted by Gasteiger charge is 2.01. The van der Waals surface area contributed by atoms with E-state index in [1.54, 1.807) is 12.1 Å². The molecule has 0 aliphatic carbocycles. The third kappa shape index (κ3) is 3.18. The summed E-state index contributed by atoms with van der Waals surface area (Å²) in [6, 6.07) is 7.30. The number of aryl methyl sites for hydroxylation is 1. The number of aromatic amines is 1. The number of H-pyrrole nitrogens is 1. The molecule has 0 unspecified atom stereocenters. The molecule has 1 amide bonds. The number of nitrogens with one attached hydrogen (secondary N) is 2. The van der Waals surface area contributed by atoms with Crippen molar-refractivity contribution in [1.82, 2.24) is 15.3 Å². The number of hydrogen-bond donors (Lipinski definition) is 3. The number of amides is 1. The molecule has 0 aliphatic rings. The lowest BCUT2D eigenvalue weighted by molar-refractivity contribution is 0.1000. The predicted octanol–water partition coefficient (Wildman–Crippen LogP) is 1.11. The van der Waals surface area contributed by atoms with E-state index in [4.69, 9.17) is 5.73 Å². The van der Waals surface area contributed by atoms with Crippen LogP contribution in [0.3, 0.4) is 0 Å². The Morgan fingerprint density at radius 2 is 2.28 bits per heavy atom. The van der Waals surface area contributed by atoms with Crippen LogP contribution in [0.2, 0.25) is 0 Å². The molecule has 1 aromatic heterocycles. The molecule has 94 valence electrons. The molecule has 0 bridgehead atoms. The van der Waals surface area contributed by atoms with E-state index in [-0.39, 0.29) is 0 Å². The number of rotatable bonds is 5. The highest BCUT2D eigenvalue weighted by molar-refractivity contribution is 5.92. The zero-order valence-corrected chi connectivity index (χ0v) is 10.2. The quantitative estimate of drug-likeness (QED) is 0.736. The number of primary amides is 1. The predicted molar refractivity (Wildman–Crippen MR) is 68.8 cm³/mol. The molecule has 0 atom stereocenters. The van der Waals surface area contributed by atoms with Gasteiger partial charge in [0, 0.05) is 30.5 Å². The maximum Gasteiger partial charge on any atom is 0.248 e. The van der Waals surface area contributed by atoms with Crippen molar-refractivity contribution in [2.45, 2.75) is 20.0 Å². The average Bonchev–Trinajstić information content (AvgIpc) is 2.75. The van der Waals surface area contributed by atoms with Gasteiger partial charge in [0.05, 0.1) is 0 Å². The fourth-order valence-corrected chi connectivity index (χ4v) is 1.74. The second-order valence-electron chi connectivity index (χ2n) is 4.16. The van der Waals surface area contributed by atoms with Crippen molar-refractivity contribution < 1.29 is 4.79 Å². The lowest BCUT2D eigenvalue weighted by Crippen LogP contribution is -2.15. The summed E-state index contributed by atoms with van der Waals surface area (Å²) in [5, 5.41) is 3.27. The van der Waals surface area contributed by atoms with Crippen LogP contribution in [0.1, 0.15) is 27.4 Å². The Morgan fingerprint density at radius 1 is 1.44 bits per heavy atom. The van der Waals surface area contributed by atoms with E-state index >= 15 is 0 Å². The molecule has 0 radical (unpaired) electrons. The topological polar surface area (TPSA) is 83.8 Å². The van der Waals surface area contributed by atoms with Crippen LogP contribution in [0.4, 0.5) is 0 Å². The number of hydrogen-bond acceptors (Lipinski definition) is 3. The highest BCUT2D eigenvalue weighted by atomic mass is 16.1. The number of benzene rings is 1. The van der Waals surface area contributed by atoms with E-state index in [9.17, 15) is 4.79 Å². The molecule has 0 fully saturated rings. The molecule has 1 aromatic carbocycles. The number of nitrogens with zero attached hydrogens (tertiary/aromatic N) is 1. The minimum Gasteiger partial charge on any atom is -0.366 e. The van der Waals surface area contributed by atoms with Gasteiger partial charge in [0.1, 0.15) is 5.82 Å². The lowest BCUT2D eigenvalue weighted by Gasteiger charge is -2.04. The summed E-state index contributed by atoms with van der Waals surface area (Å²) in [6.07, 6.45) is 1.81. The average molecular weight is 244 g/mol. The molecule has 5 nitrogen and oxygen atoms in total. The molecular weight excluding hydrogens is 228 g/mol. The van der Waals surface area contributed by atoms with E-state index in [1.165, 1.54) is 0 Å². The first-order chi connectivity index (χ1) is 8.65. The lowest BCUT2D eigenvalue weighted by atomic mass is 10.1. The number of carbonyl (C=O) groups excluding carboxylic acids is 1. The van der Waals surface area contributed by atoms with E-state index in [2.05, 4.69) is 15.3 Å². The van der Waals surface area contributed by atoms with Crippen molar-refractivity contribution in [3.05, 3.63) is 53.1 Å². The Balaban J connectivity index is 1.90. The van der Waals surface area contributed by atoms with Gasteiger partial charge in [-0.2, -0.15) is 0 Å². The van der Waals surface area contributed by atoms with Crippen LogP contribution in [0.25, 0.3) is 0 Å². The third-order valence-electron chi connectivity index (χ3n) is 2.61. The van der Waals surface area contributed by atoms with Crippen molar-refractivity contribution >= 4 is 5.91 Å².